The Balaban J connectivity index is 1.78. The molecule has 0 saturated heterocycles. The average Bonchev–Trinajstić information content (AvgIpc) is 3.28. The Bertz CT molecular complexity index is 1140. The van der Waals surface area contributed by atoms with Crippen LogP contribution in [0.15, 0.2) is 36.4 Å². The van der Waals surface area contributed by atoms with Gasteiger partial charge in [-0.05, 0) is 35.9 Å². The summed E-state index contributed by atoms with van der Waals surface area (Å²) in [5.74, 6) is -5.88. The van der Waals surface area contributed by atoms with Crippen molar-refractivity contribution in [2.75, 3.05) is 11.9 Å². The molecule has 3 rings (SSSR count). The molecule has 1 aliphatic carbocycles. The van der Waals surface area contributed by atoms with Crippen LogP contribution >= 0.6 is 34.8 Å². The molecule has 2 amide bonds. The number of rotatable bonds is 5. The first-order valence-electron chi connectivity index (χ1n) is 9.22. The van der Waals surface area contributed by atoms with Crippen LogP contribution in [-0.2, 0) is 11.0 Å². The Hall–Kier alpha value is -2.24. The lowest BCUT2D eigenvalue weighted by atomic mass is 10.0. The Kier molecular flexibility index (Phi) is 7.05. The van der Waals surface area contributed by atoms with Crippen molar-refractivity contribution in [1.29, 1.82) is 0 Å². The Morgan fingerprint density at radius 2 is 1.65 bits per heavy atom. The van der Waals surface area contributed by atoms with Gasteiger partial charge in [0.15, 0.2) is 0 Å². The number of carbonyl (C=O) groups excluding carboxylic acids is 2. The largest absolute Gasteiger partial charge is 0.419 e. The van der Waals surface area contributed by atoms with Crippen LogP contribution in [0.1, 0.15) is 27.4 Å². The van der Waals surface area contributed by atoms with Gasteiger partial charge in [0.05, 0.1) is 22.1 Å². The number of carbonyl (C=O) groups is 2. The third kappa shape index (κ3) is 5.69. The molecule has 2 aromatic carbocycles. The molecule has 0 heterocycles. The van der Waals surface area contributed by atoms with Gasteiger partial charge in [0.1, 0.15) is 16.7 Å². The maximum Gasteiger partial charge on any atom is 0.419 e. The van der Waals surface area contributed by atoms with Crippen molar-refractivity contribution in [3.8, 4) is 0 Å². The van der Waals surface area contributed by atoms with Crippen LogP contribution in [0.25, 0.3) is 0 Å². The highest BCUT2D eigenvalue weighted by molar-refractivity contribution is 6.53. The molecule has 1 fully saturated rings. The summed E-state index contributed by atoms with van der Waals surface area (Å²) in [4.78, 5) is 24.7. The molecule has 0 aromatic heterocycles. The van der Waals surface area contributed by atoms with Crippen molar-refractivity contribution in [3.63, 3.8) is 0 Å². The highest BCUT2D eigenvalue weighted by Crippen LogP contribution is 2.65. The van der Waals surface area contributed by atoms with Crippen LogP contribution in [0.2, 0.25) is 5.02 Å². The number of amides is 2. The first-order valence-corrected chi connectivity index (χ1v) is 10.4. The second-order valence-electron chi connectivity index (χ2n) is 7.35. The molecule has 2 aromatic rings. The summed E-state index contributed by atoms with van der Waals surface area (Å²) >= 11 is 18.1. The molecule has 2 atom stereocenters. The lowest BCUT2D eigenvalue weighted by Gasteiger charge is -2.11. The van der Waals surface area contributed by atoms with Crippen molar-refractivity contribution in [3.05, 3.63) is 63.9 Å². The molecule has 1 aliphatic rings. The maximum atomic E-state index is 13.6. The van der Waals surface area contributed by atoms with Gasteiger partial charge in [0.2, 0.25) is 5.91 Å². The number of alkyl halides is 8. The summed E-state index contributed by atoms with van der Waals surface area (Å²) in [6.45, 7) is -1.61. The number of benzene rings is 2. The van der Waals surface area contributed by atoms with Gasteiger partial charge in [0.25, 0.3) is 5.91 Å². The van der Waals surface area contributed by atoms with Crippen LogP contribution < -0.4 is 10.6 Å². The molecule has 0 spiro atoms. The van der Waals surface area contributed by atoms with Gasteiger partial charge in [-0.3, -0.25) is 9.59 Å². The number of hydrogen-bond acceptors (Lipinski definition) is 2. The third-order valence-corrected chi connectivity index (χ3v) is 6.19. The highest BCUT2D eigenvalue weighted by Gasteiger charge is 2.67. The summed E-state index contributed by atoms with van der Waals surface area (Å²) in [5.41, 5.74) is -2.10. The van der Waals surface area contributed by atoms with Gasteiger partial charge < -0.3 is 10.6 Å². The molecule has 0 radical (unpaired) electrons. The lowest BCUT2D eigenvalue weighted by molar-refractivity contribution is -0.140. The number of halogens is 10. The topological polar surface area (TPSA) is 58.2 Å². The van der Waals surface area contributed by atoms with Crippen LogP contribution in [-0.4, -0.2) is 28.9 Å². The highest BCUT2D eigenvalue weighted by atomic mass is 35.5. The fraction of sp³-hybridized carbons (Fsp3) is 0.300. The maximum absolute atomic E-state index is 13.6. The number of nitrogens with one attached hydrogen (secondary N) is 2. The van der Waals surface area contributed by atoms with Crippen LogP contribution in [0, 0.1) is 11.7 Å². The number of hydrogen-bond donors (Lipinski definition) is 2. The molecule has 2 N–H and O–H groups in total. The molecule has 14 heteroatoms. The first kappa shape index (κ1) is 26.4. The minimum absolute atomic E-state index is 0.0589. The van der Waals surface area contributed by atoms with Crippen molar-refractivity contribution < 1.29 is 40.3 Å². The molecule has 0 aliphatic heterocycles. The molecule has 4 nitrogen and oxygen atoms in total. The predicted octanol–water partition coefficient (Wildman–Crippen LogP) is 6.32. The van der Waals surface area contributed by atoms with E-state index in [1.165, 1.54) is 6.07 Å². The predicted molar refractivity (Wildman–Crippen MR) is 111 cm³/mol. The van der Waals surface area contributed by atoms with E-state index in [1.54, 1.807) is 5.32 Å². The first-order chi connectivity index (χ1) is 15.5. The van der Waals surface area contributed by atoms with Gasteiger partial charge in [-0.25, -0.2) is 4.39 Å². The zero-order chi connectivity index (χ0) is 25.6. The quantitative estimate of drug-likeness (QED) is 0.338. The standard InChI is InChI=1S/C20H12Cl3F7N2O2/c21-12-3-2-9(6-10(12)16(33)31-7-18(25,26)27)32-17(34)15-14(19(15,22)23)8-1-4-13(24)11(5-8)20(28,29)30/h1-6,14-15H,7H2,(H,31,33)(H,32,34)/t14-,15+/m1/s1. The van der Waals surface area contributed by atoms with Crippen molar-refractivity contribution in [2.45, 2.75) is 22.6 Å². The number of anilines is 1. The van der Waals surface area contributed by atoms with E-state index in [2.05, 4.69) is 5.32 Å². The summed E-state index contributed by atoms with van der Waals surface area (Å²) < 4.78 is 87.8. The van der Waals surface area contributed by atoms with Gasteiger partial charge in [-0.15, -0.1) is 23.2 Å². The normalized spacial score (nSPS) is 19.5. The minimum atomic E-state index is -4.99. The minimum Gasteiger partial charge on any atom is -0.343 e. The fourth-order valence-corrected chi connectivity index (χ4v) is 4.33. The Morgan fingerprint density at radius 1 is 1.00 bits per heavy atom. The van der Waals surface area contributed by atoms with Crippen molar-refractivity contribution in [2.24, 2.45) is 5.92 Å². The molecule has 1 saturated carbocycles. The van der Waals surface area contributed by atoms with Gasteiger partial charge in [-0.1, -0.05) is 17.7 Å². The van der Waals surface area contributed by atoms with E-state index in [-0.39, 0.29) is 21.8 Å². The third-order valence-electron chi connectivity index (χ3n) is 4.92. The molecule has 184 valence electrons. The molecular weight excluding hydrogens is 540 g/mol. The van der Waals surface area contributed by atoms with Gasteiger partial charge in [-0.2, -0.15) is 26.3 Å². The summed E-state index contributed by atoms with van der Waals surface area (Å²) in [7, 11) is 0. The van der Waals surface area contributed by atoms with E-state index in [0.29, 0.717) is 12.1 Å². The second kappa shape index (κ2) is 9.09. The zero-order valence-electron chi connectivity index (χ0n) is 16.4. The molecular formula is C20H12Cl3F7N2O2. The molecule has 0 bridgehead atoms. The van der Waals surface area contributed by atoms with E-state index in [9.17, 15) is 40.3 Å². The Labute approximate surface area is 202 Å². The summed E-state index contributed by atoms with van der Waals surface area (Å²) in [5, 5.41) is 3.78. The summed E-state index contributed by atoms with van der Waals surface area (Å²) in [6.07, 6.45) is -9.65. The molecule has 0 unspecified atom stereocenters. The van der Waals surface area contributed by atoms with E-state index < -0.39 is 58.3 Å². The Morgan fingerprint density at radius 3 is 2.24 bits per heavy atom. The lowest BCUT2D eigenvalue weighted by Crippen LogP contribution is -2.33. The second-order valence-corrected chi connectivity index (χ2v) is 9.20. The average molecular weight is 552 g/mol. The van der Waals surface area contributed by atoms with E-state index in [1.807, 2.05) is 0 Å². The van der Waals surface area contributed by atoms with E-state index in [4.69, 9.17) is 34.8 Å². The smallest absolute Gasteiger partial charge is 0.343 e. The van der Waals surface area contributed by atoms with Crippen molar-refractivity contribution in [1.82, 2.24) is 5.32 Å². The summed E-state index contributed by atoms with van der Waals surface area (Å²) in [6, 6.07) is 5.51. The van der Waals surface area contributed by atoms with Crippen molar-refractivity contribution >= 4 is 52.3 Å². The van der Waals surface area contributed by atoms with Crippen LogP contribution in [0.4, 0.5) is 36.4 Å². The zero-order valence-corrected chi connectivity index (χ0v) is 18.7. The van der Waals surface area contributed by atoms with Crippen LogP contribution in [0.5, 0.6) is 0 Å². The van der Waals surface area contributed by atoms with Gasteiger partial charge >= 0.3 is 12.4 Å². The van der Waals surface area contributed by atoms with E-state index >= 15 is 0 Å². The molecule has 34 heavy (non-hydrogen) atoms. The van der Waals surface area contributed by atoms with Crippen LogP contribution in [0.3, 0.4) is 0 Å². The van der Waals surface area contributed by atoms with Gasteiger partial charge in [0, 0.05) is 11.6 Å². The monoisotopic (exact) mass is 550 g/mol. The SMILES string of the molecule is O=C(NCC(F)(F)F)c1cc(NC(=O)[C@@H]2[C@@H](c3ccc(F)c(C(F)(F)F)c3)C2(Cl)Cl)ccc1Cl. The fourth-order valence-electron chi connectivity index (χ4n) is 3.29. The van der Waals surface area contributed by atoms with E-state index in [0.717, 1.165) is 18.2 Å².